The number of furan rings is 1. The number of carbonyl (C=O) groups is 1. The Hall–Kier alpha value is -2.71. The van der Waals surface area contributed by atoms with Crippen molar-refractivity contribution in [2.45, 2.75) is 0 Å². The topological polar surface area (TPSA) is 76.6 Å². The third kappa shape index (κ3) is 3.40. The first-order chi connectivity index (χ1) is 12.0. The highest BCUT2D eigenvalue weighted by Gasteiger charge is 2.31. The molecule has 2 aromatic rings. The summed E-state index contributed by atoms with van der Waals surface area (Å²) in [6.07, 6.45) is 3.19. The lowest BCUT2D eigenvalue weighted by molar-refractivity contribution is -0.384. The molecule has 0 N–H and O–H groups in total. The maximum atomic E-state index is 12.3. The van der Waals surface area contributed by atoms with Crippen molar-refractivity contribution in [1.29, 1.82) is 0 Å². The molecule has 126 valence electrons. The van der Waals surface area contributed by atoms with E-state index in [9.17, 15) is 14.9 Å². The molecule has 3 rings (SSSR count). The number of benzene rings is 1. The van der Waals surface area contributed by atoms with Crippen molar-refractivity contribution >= 4 is 46.0 Å². The van der Waals surface area contributed by atoms with Crippen LogP contribution < -0.4 is 0 Å². The van der Waals surface area contributed by atoms with Crippen molar-refractivity contribution in [2.24, 2.45) is 0 Å². The Morgan fingerprint density at radius 1 is 1.32 bits per heavy atom. The highest BCUT2D eigenvalue weighted by Crippen LogP contribution is 2.35. The molecular weight excluding hydrogens is 360 g/mol. The zero-order chi connectivity index (χ0) is 18.0. The molecule has 1 fully saturated rings. The lowest BCUT2D eigenvalue weighted by Crippen LogP contribution is -2.27. The average molecular weight is 372 g/mol. The van der Waals surface area contributed by atoms with Gasteiger partial charge in [-0.25, -0.2) is 0 Å². The second-order valence-corrected chi connectivity index (χ2v) is 6.73. The molecule has 0 aliphatic carbocycles. The van der Waals surface area contributed by atoms with E-state index in [0.29, 0.717) is 32.9 Å². The minimum Gasteiger partial charge on any atom is -0.456 e. The van der Waals surface area contributed by atoms with Crippen molar-refractivity contribution in [3.63, 3.8) is 0 Å². The van der Waals surface area contributed by atoms with Gasteiger partial charge in [0.1, 0.15) is 15.8 Å². The monoisotopic (exact) mass is 372 g/mol. The summed E-state index contributed by atoms with van der Waals surface area (Å²) >= 11 is 6.36. The number of carbonyl (C=O) groups excluding carboxylic acids is 1. The highest BCUT2D eigenvalue weighted by molar-refractivity contribution is 8.26. The molecule has 1 aliphatic heterocycles. The summed E-state index contributed by atoms with van der Waals surface area (Å²) in [5.74, 6) is 0.575. The number of thiocarbonyl (C=S) groups is 1. The first kappa shape index (κ1) is 17.1. The number of thioether (sulfide) groups is 1. The van der Waals surface area contributed by atoms with E-state index < -0.39 is 4.92 Å². The Morgan fingerprint density at radius 2 is 2.08 bits per heavy atom. The van der Waals surface area contributed by atoms with E-state index in [1.807, 2.05) is 0 Å². The fraction of sp³-hybridized carbons (Fsp3) is 0.0588. The minimum absolute atomic E-state index is 0.0410. The van der Waals surface area contributed by atoms with E-state index >= 15 is 0 Å². The van der Waals surface area contributed by atoms with Crippen LogP contribution in [0.15, 0.2) is 58.4 Å². The molecule has 0 atom stereocenters. The quantitative estimate of drug-likeness (QED) is 0.257. The van der Waals surface area contributed by atoms with Gasteiger partial charge in [0.05, 0.1) is 15.4 Å². The zero-order valence-electron chi connectivity index (χ0n) is 12.9. The first-order valence-corrected chi connectivity index (χ1v) is 8.43. The maximum Gasteiger partial charge on any atom is 0.280 e. The van der Waals surface area contributed by atoms with E-state index in [2.05, 4.69) is 6.58 Å². The molecule has 1 aliphatic rings. The lowest BCUT2D eigenvalue weighted by atomic mass is 10.1. The fourth-order valence-electron chi connectivity index (χ4n) is 2.33. The highest BCUT2D eigenvalue weighted by atomic mass is 32.2. The van der Waals surface area contributed by atoms with Gasteiger partial charge in [-0.2, -0.15) is 0 Å². The second kappa shape index (κ2) is 7.04. The summed E-state index contributed by atoms with van der Waals surface area (Å²) in [6, 6.07) is 9.62. The Kier molecular flexibility index (Phi) is 4.82. The number of rotatable bonds is 5. The summed E-state index contributed by atoms with van der Waals surface area (Å²) in [7, 11) is 0. The zero-order valence-corrected chi connectivity index (χ0v) is 14.5. The van der Waals surface area contributed by atoms with Gasteiger partial charge in [0.15, 0.2) is 0 Å². The number of amides is 1. The molecule has 1 aromatic carbocycles. The average Bonchev–Trinajstić information content (AvgIpc) is 3.16. The second-order valence-electron chi connectivity index (χ2n) is 5.06. The van der Waals surface area contributed by atoms with Crippen LogP contribution in [0.25, 0.3) is 17.4 Å². The molecule has 25 heavy (non-hydrogen) atoms. The summed E-state index contributed by atoms with van der Waals surface area (Å²) in [4.78, 5) is 24.9. The molecule has 6 nitrogen and oxygen atoms in total. The Bertz CT molecular complexity index is 917. The van der Waals surface area contributed by atoms with Gasteiger partial charge in [-0.3, -0.25) is 19.8 Å². The predicted molar refractivity (Wildman–Crippen MR) is 101 cm³/mol. The van der Waals surface area contributed by atoms with Crippen molar-refractivity contribution in [2.75, 3.05) is 6.54 Å². The molecule has 8 heteroatoms. The molecule has 1 aromatic heterocycles. The minimum atomic E-state index is -0.460. The van der Waals surface area contributed by atoms with Crippen LogP contribution in [0.5, 0.6) is 0 Å². The molecular formula is C17H12N2O4S2. The van der Waals surface area contributed by atoms with Crippen LogP contribution in [-0.2, 0) is 4.79 Å². The Labute approximate surface area is 153 Å². The van der Waals surface area contributed by atoms with Crippen LogP contribution >= 0.6 is 24.0 Å². The summed E-state index contributed by atoms with van der Waals surface area (Å²) in [6.45, 7) is 3.95. The number of nitro benzene ring substituents is 1. The number of hydrogen-bond acceptors (Lipinski definition) is 6. The molecule has 0 unspecified atom stereocenters. The van der Waals surface area contributed by atoms with E-state index in [1.54, 1.807) is 42.5 Å². The van der Waals surface area contributed by atoms with Crippen LogP contribution in [0.1, 0.15) is 5.76 Å². The van der Waals surface area contributed by atoms with E-state index in [4.69, 9.17) is 16.6 Å². The number of nitro groups is 1. The molecule has 1 saturated heterocycles. The SMILES string of the molecule is C=CCN1C(=O)/C(=C/c2ccc(-c3ccccc3[N+](=O)[O-])o2)SC1=S. The molecule has 0 spiro atoms. The molecule has 0 saturated carbocycles. The van der Waals surface area contributed by atoms with Gasteiger partial charge >= 0.3 is 0 Å². The number of nitrogens with zero attached hydrogens (tertiary/aromatic N) is 2. The Balaban J connectivity index is 1.91. The van der Waals surface area contributed by atoms with E-state index in [1.165, 1.54) is 22.7 Å². The van der Waals surface area contributed by atoms with Crippen LogP contribution in [0, 0.1) is 10.1 Å². The number of para-hydroxylation sites is 1. The largest absolute Gasteiger partial charge is 0.456 e. The maximum absolute atomic E-state index is 12.3. The van der Waals surface area contributed by atoms with Gasteiger partial charge in [0.2, 0.25) is 0 Å². The van der Waals surface area contributed by atoms with Crippen LogP contribution in [0.2, 0.25) is 0 Å². The predicted octanol–water partition coefficient (Wildman–Crippen LogP) is 4.24. The van der Waals surface area contributed by atoms with Crippen molar-refractivity contribution in [3.8, 4) is 11.3 Å². The van der Waals surface area contributed by atoms with Gasteiger partial charge in [0.25, 0.3) is 11.6 Å². The van der Waals surface area contributed by atoms with E-state index in [0.717, 1.165) is 0 Å². The smallest absolute Gasteiger partial charge is 0.280 e. The molecule has 0 bridgehead atoms. The van der Waals surface area contributed by atoms with Gasteiger partial charge in [-0.1, -0.05) is 42.2 Å². The third-order valence-electron chi connectivity index (χ3n) is 3.45. The number of hydrogen-bond donors (Lipinski definition) is 0. The van der Waals surface area contributed by atoms with Crippen LogP contribution in [0.4, 0.5) is 5.69 Å². The fourth-order valence-corrected chi connectivity index (χ4v) is 3.59. The standard InChI is InChI=1S/C17H12N2O4S2/c1-2-9-18-16(20)15(25-17(18)24)10-11-7-8-14(23-11)12-5-3-4-6-13(12)19(21)22/h2-8,10H,1,9H2/b15-10-. The molecule has 0 radical (unpaired) electrons. The molecule has 1 amide bonds. The van der Waals surface area contributed by atoms with Crippen LogP contribution in [0.3, 0.4) is 0 Å². The lowest BCUT2D eigenvalue weighted by Gasteiger charge is -2.10. The third-order valence-corrected chi connectivity index (χ3v) is 4.83. The van der Waals surface area contributed by atoms with Gasteiger partial charge in [0, 0.05) is 18.7 Å². The normalized spacial score (nSPS) is 15.8. The van der Waals surface area contributed by atoms with Crippen molar-refractivity contribution in [3.05, 3.63) is 69.8 Å². The van der Waals surface area contributed by atoms with Gasteiger partial charge < -0.3 is 4.42 Å². The van der Waals surface area contributed by atoms with Gasteiger partial charge in [-0.15, -0.1) is 6.58 Å². The van der Waals surface area contributed by atoms with Crippen molar-refractivity contribution < 1.29 is 14.1 Å². The summed E-state index contributed by atoms with van der Waals surface area (Å²) < 4.78 is 6.13. The summed E-state index contributed by atoms with van der Waals surface area (Å²) in [5.41, 5.74) is 0.340. The van der Waals surface area contributed by atoms with Crippen molar-refractivity contribution in [1.82, 2.24) is 4.90 Å². The van der Waals surface area contributed by atoms with E-state index in [-0.39, 0.29) is 11.6 Å². The first-order valence-electron chi connectivity index (χ1n) is 7.21. The van der Waals surface area contributed by atoms with Crippen LogP contribution in [-0.4, -0.2) is 26.6 Å². The summed E-state index contributed by atoms with van der Waals surface area (Å²) in [5, 5.41) is 11.1. The Morgan fingerprint density at radius 3 is 2.80 bits per heavy atom. The van der Waals surface area contributed by atoms with Gasteiger partial charge in [-0.05, 0) is 18.2 Å². The molecule has 2 heterocycles.